The van der Waals surface area contributed by atoms with Gasteiger partial charge in [-0.15, -0.1) is 0 Å². The van der Waals surface area contributed by atoms with Crippen molar-refractivity contribution in [2.75, 3.05) is 13.1 Å². The van der Waals surface area contributed by atoms with E-state index in [-0.39, 0.29) is 23.3 Å². The molecule has 2 aliphatic heterocycles. The molecule has 2 aliphatic rings. The van der Waals surface area contributed by atoms with E-state index < -0.39 is 28.7 Å². The SMILES string of the molecule is Cc1nc(-c2ccc(CN3CCC(O)(c4ccc5ncc(C6CCC(=O)NC6=O)cc5c4F)C(C)(C)C3)cc2)co1. The summed E-state index contributed by atoms with van der Waals surface area (Å²) in [6.45, 7) is 7.62. The van der Waals surface area contributed by atoms with Gasteiger partial charge in [0.25, 0.3) is 0 Å². The molecule has 2 aromatic carbocycles. The summed E-state index contributed by atoms with van der Waals surface area (Å²) in [7, 11) is 0. The number of benzene rings is 2. The lowest BCUT2D eigenvalue weighted by atomic mass is 9.66. The molecule has 2 unspecified atom stereocenters. The van der Waals surface area contributed by atoms with Crippen molar-refractivity contribution in [1.82, 2.24) is 20.2 Å². The zero-order chi connectivity index (χ0) is 28.9. The lowest BCUT2D eigenvalue weighted by Crippen LogP contribution is -2.55. The van der Waals surface area contributed by atoms with Crippen LogP contribution in [-0.2, 0) is 21.7 Å². The summed E-state index contributed by atoms with van der Waals surface area (Å²) in [5, 5.41) is 14.7. The molecule has 0 saturated carbocycles. The number of carbonyl (C=O) groups excluding carboxylic acids is 2. The Bertz CT molecular complexity index is 1650. The molecular weight excluding hydrogens is 523 g/mol. The van der Waals surface area contributed by atoms with Gasteiger partial charge in [-0.2, -0.15) is 0 Å². The van der Waals surface area contributed by atoms with E-state index in [9.17, 15) is 14.7 Å². The van der Waals surface area contributed by atoms with Gasteiger partial charge in [0.15, 0.2) is 5.89 Å². The van der Waals surface area contributed by atoms with Crippen LogP contribution in [0.25, 0.3) is 22.2 Å². The normalized spacial score (nSPS) is 23.1. The topological polar surface area (TPSA) is 109 Å². The Hall–Kier alpha value is -3.95. The van der Waals surface area contributed by atoms with E-state index >= 15 is 4.39 Å². The molecule has 2 N–H and O–H groups in total. The number of piperidine rings is 2. The maximum atomic E-state index is 16.2. The van der Waals surface area contributed by atoms with Crippen LogP contribution in [0.3, 0.4) is 0 Å². The monoisotopic (exact) mass is 556 g/mol. The van der Waals surface area contributed by atoms with Gasteiger partial charge in [0.1, 0.15) is 17.8 Å². The first-order valence-corrected chi connectivity index (χ1v) is 13.9. The van der Waals surface area contributed by atoms with Gasteiger partial charge in [-0.1, -0.05) is 44.2 Å². The Labute approximate surface area is 237 Å². The number of pyridine rings is 1. The number of hydrogen-bond acceptors (Lipinski definition) is 7. The number of aryl methyl sites for hydroxylation is 1. The smallest absolute Gasteiger partial charge is 0.234 e. The molecule has 41 heavy (non-hydrogen) atoms. The second-order valence-corrected chi connectivity index (χ2v) is 11.9. The Balaban J connectivity index is 1.23. The second-order valence-electron chi connectivity index (χ2n) is 11.9. The first-order chi connectivity index (χ1) is 19.5. The van der Waals surface area contributed by atoms with Crippen molar-refractivity contribution in [2.24, 2.45) is 5.41 Å². The number of hydrogen-bond donors (Lipinski definition) is 2. The number of nitrogens with zero attached hydrogens (tertiary/aromatic N) is 3. The predicted octanol–water partition coefficient (Wildman–Crippen LogP) is 4.98. The Morgan fingerprint density at radius 2 is 1.95 bits per heavy atom. The highest BCUT2D eigenvalue weighted by molar-refractivity contribution is 6.01. The van der Waals surface area contributed by atoms with Crippen LogP contribution in [0.15, 0.2) is 59.3 Å². The minimum atomic E-state index is -1.40. The highest BCUT2D eigenvalue weighted by Crippen LogP contribution is 2.48. The van der Waals surface area contributed by atoms with Gasteiger partial charge < -0.3 is 9.52 Å². The first kappa shape index (κ1) is 27.2. The predicted molar refractivity (Wildman–Crippen MR) is 151 cm³/mol. The number of rotatable bonds is 5. The summed E-state index contributed by atoms with van der Waals surface area (Å²) in [4.78, 5) is 35.1. The third-order valence-electron chi connectivity index (χ3n) is 8.71. The number of halogens is 1. The third-order valence-corrected chi connectivity index (χ3v) is 8.71. The third kappa shape index (κ3) is 4.93. The number of imide groups is 1. The van der Waals surface area contributed by atoms with Crippen LogP contribution in [0.4, 0.5) is 4.39 Å². The fourth-order valence-electron chi connectivity index (χ4n) is 6.30. The Morgan fingerprint density at radius 1 is 1.17 bits per heavy atom. The number of aliphatic hydroxyl groups is 1. The van der Waals surface area contributed by atoms with Crippen molar-refractivity contribution in [3.05, 3.63) is 83.3 Å². The molecule has 2 aromatic heterocycles. The average molecular weight is 557 g/mol. The Kier molecular flexibility index (Phi) is 6.74. The Morgan fingerprint density at radius 3 is 2.63 bits per heavy atom. The van der Waals surface area contributed by atoms with Gasteiger partial charge in [0, 0.05) is 61.1 Å². The summed E-state index contributed by atoms with van der Waals surface area (Å²) in [6, 6.07) is 13.2. The van der Waals surface area contributed by atoms with Crippen LogP contribution in [0.2, 0.25) is 0 Å². The fourth-order valence-corrected chi connectivity index (χ4v) is 6.30. The maximum Gasteiger partial charge on any atom is 0.234 e. The van der Waals surface area contributed by atoms with Gasteiger partial charge in [-0.05, 0) is 36.1 Å². The van der Waals surface area contributed by atoms with E-state index in [0.29, 0.717) is 49.4 Å². The summed E-state index contributed by atoms with van der Waals surface area (Å²) in [5.74, 6) is -1.16. The molecule has 9 heteroatoms. The summed E-state index contributed by atoms with van der Waals surface area (Å²) in [5.41, 5.74) is 2.11. The van der Waals surface area contributed by atoms with E-state index in [4.69, 9.17) is 4.42 Å². The van der Waals surface area contributed by atoms with Crippen LogP contribution < -0.4 is 5.32 Å². The minimum absolute atomic E-state index is 0.229. The molecule has 212 valence electrons. The summed E-state index contributed by atoms with van der Waals surface area (Å²) in [6.07, 6.45) is 4.16. The second kappa shape index (κ2) is 10.2. The molecule has 4 heterocycles. The van der Waals surface area contributed by atoms with Gasteiger partial charge in [-0.3, -0.25) is 24.8 Å². The van der Waals surface area contributed by atoms with Crippen LogP contribution in [0, 0.1) is 18.2 Å². The number of aromatic nitrogens is 2. The number of oxazole rings is 1. The van der Waals surface area contributed by atoms with E-state index in [1.165, 1.54) is 0 Å². The van der Waals surface area contributed by atoms with Crippen molar-refractivity contribution in [2.45, 2.75) is 58.1 Å². The molecule has 0 spiro atoms. The zero-order valence-corrected chi connectivity index (χ0v) is 23.4. The van der Waals surface area contributed by atoms with E-state index in [1.807, 2.05) is 32.9 Å². The van der Waals surface area contributed by atoms with E-state index in [2.05, 4.69) is 32.3 Å². The fraction of sp³-hybridized carbons (Fsp3) is 0.375. The molecule has 2 atom stereocenters. The minimum Gasteiger partial charge on any atom is -0.449 e. The molecule has 0 aliphatic carbocycles. The van der Waals surface area contributed by atoms with Gasteiger partial charge in [0.2, 0.25) is 11.8 Å². The van der Waals surface area contributed by atoms with E-state index in [1.54, 1.807) is 30.7 Å². The summed E-state index contributed by atoms with van der Waals surface area (Å²) >= 11 is 0. The van der Waals surface area contributed by atoms with Crippen LogP contribution in [-0.4, -0.2) is 44.9 Å². The lowest BCUT2D eigenvalue weighted by Gasteiger charge is -2.50. The van der Waals surface area contributed by atoms with Crippen LogP contribution >= 0.6 is 0 Å². The molecule has 0 radical (unpaired) electrons. The number of amides is 2. The molecule has 0 bridgehead atoms. The van der Waals surface area contributed by atoms with Crippen molar-refractivity contribution >= 4 is 22.7 Å². The number of fused-ring (bicyclic) bond motifs is 1. The molecule has 2 saturated heterocycles. The maximum absolute atomic E-state index is 16.2. The number of nitrogens with one attached hydrogen (secondary N) is 1. The number of carbonyl (C=O) groups is 2. The van der Waals surface area contributed by atoms with Gasteiger partial charge in [-0.25, -0.2) is 9.37 Å². The van der Waals surface area contributed by atoms with Crippen LogP contribution in [0.5, 0.6) is 0 Å². The highest BCUT2D eigenvalue weighted by atomic mass is 19.1. The van der Waals surface area contributed by atoms with Crippen molar-refractivity contribution in [3.8, 4) is 11.3 Å². The van der Waals surface area contributed by atoms with Crippen LogP contribution in [0.1, 0.15) is 61.6 Å². The molecule has 2 fully saturated rings. The number of likely N-dealkylation sites (tertiary alicyclic amines) is 1. The molecular formula is C32H33FN4O4. The van der Waals surface area contributed by atoms with Gasteiger partial charge in [0.05, 0.1) is 17.0 Å². The molecule has 8 nitrogen and oxygen atoms in total. The highest BCUT2D eigenvalue weighted by Gasteiger charge is 2.50. The summed E-state index contributed by atoms with van der Waals surface area (Å²) < 4.78 is 21.5. The first-order valence-electron chi connectivity index (χ1n) is 13.9. The van der Waals surface area contributed by atoms with Gasteiger partial charge >= 0.3 is 0 Å². The quantitative estimate of drug-likeness (QED) is 0.334. The molecule has 2 amide bonds. The van der Waals surface area contributed by atoms with Crippen molar-refractivity contribution < 1.29 is 23.5 Å². The van der Waals surface area contributed by atoms with Crippen molar-refractivity contribution in [3.63, 3.8) is 0 Å². The van der Waals surface area contributed by atoms with Crippen molar-refractivity contribution in [1.29, 1.82) is 0 Å². The molecule has 4 aromatic rings. The average Bonchev–Trinajstić information content (AvgIpc) is 3.37. The largest absolute Gasteiger partial charge is 0.449 e. The van der Waals surface area contributed by atoms with E-state index in [0.717, 1.165) is 16.8 Å². The lowest BCUT2D eigenvalue weighted by molar-refractivity contribution is -0.134. The standard InChI is InChI=1S/C32H33FN4O4/c1-19-35-27(17-41-19)21-6-4-20(5-7-21)16-37-13-12-32(40,31(2,3)18-37)25-9-10-26-24(29(25)33)14-22(15-34-26)23-8-11-28(38)36-30(23)39/h4-7,9-10,14-15,17,23,40H,8,11-13,16,18H2,1-3H3,(H,36,38,39). The molecule has 6 rings (SSSR count). The zero-order valence-electron chi connectivity index (χ0n) is 23.4.